The lowest BCUT2D eigenvalue weighted by Crippen LogP contribution is -2.31. The molecule has 0 saturated carbocycles. The van der Waals surface area contributed by atoms with Crippen molar-refractivity contribution in [2.45, 2.75) is 65.5 Å². The average Bonchev–Trinajstić information content (AvgIpc) is 2.72. The molecule has 118 valence electrons. The number of nitrogens with one attached hydrogen (secondary N) is 1. The van der Waals surface area contributed by atoms with Gasteiger partial charge in [0.15, 0.2) is 0 Å². The molecule has 1 atom stereocenters. The van der Waals surface area contributed by atoms with E-state index in [9.17, 15) is 4.39 Å². The summed E-state index contributed by atoms with van der Waals surface area (Å²) in [5.41, 5.74) is 2.55. The molecule has 1 N–H and O–H groups in total. The Hall–Kier alpha value is -0.830. The van der Waals surface area contributed by atoms with Crippen LogP contribution in [0.1, 0.15) is 60.9 Å². The molecule has 1 nitrogen and oxygen atoms in total. The van der Waals surface area contributed by atoms with Crippen molar-refractivity contribution in [3.05, 3.63) is 27.5 Å². The molecule has 0 radical (unpaired) electrons. The normalized spacial score (nSPS) is 18.4. The summed E-state index contributed by atoms with van der Waals surface area (Å²) < 4.78 is 14.3. The molecular formula is C18H28FNS. The van der Waals surface area contributed by atoms with Crippen LogP contribution in [0, 0.1) is 12.8 Å². The number of rotatable bonds is 6. The van der Waals surface area contributed by atoms with Gasteiger partial charge in [-0.2, -0.15) is 0 Å². The van der Waals surface area contributed by atoms with Crippen LogP contribution in [0.4, 0.5) is 4.39 Å². The number of hydrogen-bond acceptors (Lipinski definition) is 2. The molecule has 0 spiro atoms. The van der Waals surface area contributed by atoms with E-state index in [1.807, 2.05) is 11.3 Å². The van der Waals surface area contributed by atoms with Crippen molar-refractivity contribution >= 4 is 17.0 Å². The molecule has 0 saturated heterocycles. The Morgan fingerprint density at radius 3 is 2.81 bits per heavy atom. The molecular weight excluding hydrogens is 281 g/mol. The van der Waals surface area contributed by atoms with E-state index in [4.69, 9.17) is 0 Å². The number of hydrogen-bond donors (Lipinski definition) is 1. The summed E-state index contributed by atoms with van der Waals surface area (Å²) >= 11 is 1.87. The van der Waals surface area contributed by atoms with Gasteiger partial charge in [0.1, 0.15) is 5.67 Å². The zero-order valence-electron chi connectivity index (χ0n) is 13.8. The van der Waals surface area contributed by atoms with E-state index in [1.165, 1.54) is 27.3 Å². The first-order valence-corrected chi connectivity index (χ1v) is 8.89. The molecule has 0 amide bonds. The predicted molar refractivity (Wildman–Crippen MR) is 91.7 cm³/mol. The highest BCUT2D eigenvalue weighted by molar-refractivity contribution is 7.12. The smallest absolute Gasteiger partial charge is 0.108 e. The molecule has 1 aliphatic carbocycles. The summed E-state index contributed by atoms with van der Waals surface area (Å²) in [6.07, 6.45) is 5.17. The van der Waals surface area contributed by atoms with Crippen LogP contribution in [0.3, 0.4) is 0 Å². The minimum Gasteiger partial charge on any atom is -0.385 e. The second-order valence-corrected chi connectivity index (χ2v) is 8.01. The van der Waals surface area contributed by atoms with Crippen molar-refractivity contribution in [1.82, 2.24) is 5.32 Å². The van der Waals surface area contributed by atoms with Crippen molar-refractivity contribution in [3.63, 3.8) is 0 Å². The molecule has 1 aromatic heterocycles. The van der Waals surface area contributed by atoms with Crippen molar-refractivity contribution in [2.24, 2.45) is 5.92 Å². The first-order chi connectivity index (χ1) is 9.84. The van der Waals surface area contributed by atoms with Gasteiger partial charge in [0, 0.05) is 27.6 Å². The van der Waals surface area contributed by atoms with Gasteiger partial charge in [0.05, 0.1) is 0 Å². The fourth-order valence-corrected chi connectivity index (χ4v) is 4.45. The number of unbranched alkanes of at least 4 members (excludes halogenated alkanes) is 1. The maximum absolute atomic E-state index is 14.3. The molecule has 0 aliphatic heterocycles. The first-order valence-electron chi connectivity index (χ1n) is 8.07. The Morgan fingerprint density at radius 1 is 1.48 bits per heavy atom. The molecule has 1 aromatic rings. The van der Waals surface area contributed by atoms with Gasteiger partial charge in [0.25, 0.3) is 0 Å². The molecule has 0 bridgehead atoms. The van der Waals surface area contributed by atoms with E-state index in [0.29, 0.717) is 0 Å². The Balaban J connectivity index is 2.21. The van der Waals surface area contributed by atoms with E-state index in [2.05, 4.69) is 25.7 Å². The van der Waals surface area contributed by atoms with Crippen molar-refractivity contribution in [2.75, 3.05) is 6.54 Å². The summed E-state index contributed by atoms with van der Waals surface area (Å²) in [6, 6.07) is 0. The third-order valence-electron chi connectivity index (χ3n) is 4.58. The van der Waals surface area contributed by atoms with Gasteiger partial charge in [-0.05, 0) is 57.9 Å². The number of aryl methyl sites for hydroxylation is 2. The van der Waals surface area contributed by atoms with E-state index in [1.54, 1.807) is 13.8 Å². The number of fused-ring (bicyclic) bond motifs is 1. The van der Waals surface area contributed by atoms with Crippen LogP contribution in [0.25, 0.3) is 5.70 Å². The van der Waals surface area contributed by atoms with Crippen LogP contribution in [0.2, 0.25) is 0 Å². The Kier molecular flexibility index (Phi) is 5.13. The lowest BCUT2D eigenvalue weighted by molar-refractivity contribution is 0.113. The van der Waals surface area contributed by atoms with Crippen LogP contribution in [0.5, 0.6) is 0 Å². The third kappa shape index (κ3) is 3.68. The van der Waals surface area contributed by atoms with Crippen molar-refractivity contribution < 1.29 is 4.39 Å². The zero-order chi connectivity index (χ0) is 15.6. The standard InChI is InChI=1S/C18H28FNS/c1-6-7-10-20-12(2)17-13(3)21-16-9-8-14(11-15(16)17)18(4,5)19/h14,20H,2,6-11H2,1,3-5H3. The van der Waals surface area contributed by atoms with Crippen LogP contribution >= 0.6 is 11.3 Å². The minimum atomic E-state index is -1.10. The van der Waals surface area contributed by atoms with Crippen molar-refractivity contribution in [3.8, 4) is 0 Å². The molecule has 1 aliphatic rings. The van der Waals surface area contributed by atoms with E-state index < -0.39 is 5.67 Å². The Labute approximate surface area is 132 Å². The highest BCUT2D eigenvalue weighted by Crippen LogP contribution is 2.42. The maximum atomic E-state index is 14.3. The highest BCUT2D eigenvalue weighted by Gasteiger charge is 2.34. The monoisotopic (exact) mass is 309 g/mol. The third-order valence-corrected chi connectivity index (χ3v) is 5.79. The van der Waals surface area contributed by atoms with E-state index >= 15 is 0 Å². The average molecular weight is 309 g/mol. The van der Waals surface area contributed by atoms with Gasteiger partial charge < -0.3 is 5.32 Å². The SMILES string of the molecule is C=C(NCCCC)c1c(C)sc2c1CC(C(C)(C)F)CC2. The summed E-state index contributed by atoms with van der Waals surface area (Å²) in [6.45, 7) is 13.0. The lowest BCUT2D eigenvalue weighted by Gasteiger charge is -2.31. The van der Waals surface area contributed by atoms with Crippen LogP contribution in [-0.4, -0.2) is 12.2 Å². The quantitative estimate of drug-likeness (QED) is 0.706. The lowest BCUT2D eigenvalue weighted by atomic mass is 9.78. The highest BCUT2D eigenvalue weighted by atomic mass is 32.1. The fraction of sp³-hybridized carbons (Fsp3) is 0.667. The zero-order valence-corrected chi connectivity index (χ0v) is 14.6. The number of halogens is 1. The second-order valence-electron chi connectivity index (χ2n) is 6.70. The van der Waals surface area contributed by atoms with Gasteiger partial charge in [-0.3, -0.25) is 0 Å². The molecule has 1 unspecified atom stereocenters. The summed E-state index contributed by atoms with van der Waals surface area (Å²) in [5, 5.41) is 3.45. The number of alkyl halides is 1. The molecule has 3 heteroatoms. The molecule has 1 heterocycles. The van der Waals surface area contributed by atoms with Gasteiger partial charge in [-0.25, -0.2) is 4.39 Å². The molecule has 2 rings (SSSR count). The first kappa shape index (κ1) is 16.5. The predicted octanol–water partition coefficient (Wildman–Crippen LogP) is 5.27. The van der Waals surface area contributed by atoms with Gasteiger partial charge in [0.2, 0.25) is 0 Å². The molecule has 21 heavy (non-hydrogen) atoms. The van der Waals surface area contributed by atoms with Gasteiger partial charge in [-0.1, -0.05) is 19.9 Å². The largest absolute Gasteiger partial charge is 0.385 e. The number of thiophene rings is 1. The van der Waals surface area contributed by atoms with Gasteiger partial charge >= 0.3 is 0 Å². The summed E-state index contributed by atoms with van der Waals surface area (Å²) in [4.78, 5) is 2.77. The Morgan fingerprint density at radius 2 is 2.19 bits per heavy atom. The van der Waals surface area contributed by atoms with E-state index in [-0.39, 0.29) is 5.92 Å². The van der Waals surface area contributed by atoms with Crippen LogP contribution in [-0.2, 0) is 12.8 Å². The molecule has 0 aromatic carbocycles. The second kappa shape index (κ2) is 6.51. The Bertz CT molecular complexity index is 510. The van der Waals surface area contributed by atoms with E-state index in [0.717, 1.165) is 37.9 Å². The maximum Gasteiger partial charge on any atom is 0.108 e. The minimum absolute atomic E-state index is 0.126. The topological polar surface area (TPSA) is 12.0 Å². The van der Waals surface area contributed by atoms with Crippen LogP contribution in [0.15, 0.2) is 6.58 Å². The van der Waals surface area contributed by atoms with Crippen molar-refractivity contribution in [1.29, 1.82) is 0 Å². The summed E-state index contributed by atoms with van der Waals surface area (Å²) in [7, 11) is 0. The van der Waals surface area contributed by atoms with Crippen LogP contribution < -0.4 is 5.32 Å². The molecule has 0 fully saturated rings. The fourth-order valence-electron chi connectivity index (χ4n) is 3.21. The van der Waals surface area contributed by atoms with Gasteiger partial charge in [-0.15, -0.1) is 11.3 Å². The summed E-state index contributed by atoms with van der Waals surface area (Å²) in [5.74, 6) is 0.126.